The van der Waals surface area contributed by atoms with E-state index in [9.17, 15) is 9.90 Å². The smallest absolute Gasteiger partial charge is 0.252 e. The van der Waals surface area contributed by atoms with Crippen molar-refractivity contribution in [1.29, 1.82) is 0 Å². The first-order valence-corrected chi connectivity index (χ1v) is 8.81. The maximum Gasteiger partial charge on any atom is 0.252 e. The highest BCUT2D eigenvalue weighted by atomic mass is 16.3. The topological polar surface area (TPSA) is 92.6 Å². The number of aromatic nitrogens is 2. The second-order valence-electron chi connectivity index (χ2n) is 7.17. The molecule has 1 fully saturated rings. The van der Waals surface area contributed by atoms with Crippen LogP contribution in [0.2, 0.25) is 0 Å². The first-order valence-electron chi connectivity index (χ1n) is 8.81. The van der Waals surface area contributed by atoms with Crippen LogP contribution in [0.3, 0.4) is 0 Å². The Balaban J connectivity index is 1.84. The number of benzene rings is 1. The molecule has 6 nitrogen and oxygen atoms in total. The van der Waals surface area contributed by atoms with Gasteiger partial charge >= 0.3 is 0 Å². The van der Waals surface area contributed by atoms with Gasteiger partial charge in [-0.1, -0.05) is 30.3 Å². The quantitative estimate of drug-likeness (QED) is 0.674. The summed E-state index contributed by atoms with van der Waals surface area (Å²) in [7, 11) is 0. The van der Waals surface area contributed by atoms with Gasteiger partial charge in [-0.2, -0.15) is 5.10 Å². The molecule has 1 aliphatic carbocycles. The summed E-state index contributed by atoms with van der Waals surface area (Å²) >= 11 is 0. The molecule has 1 aliphatic rings. The highest BCUT2D eigenvalue weighted by molar-refractivity contribution is 6.02. The lowest BCUT2D eigenvalue weighted by Crippen LogP contribution is -2.40. The van der Waals surface area contributed by atoms with Crippen molar-refractivity contribution < 1.29 is 9.90 Å². The van der Waals surface area contributed by atoms with E-state index in [2.05, 4.69) is 10.4 Å². The Kier molecular flexibility index (Phi) is 3.92. The zero-order chi connectivity index (χ0) is 18.3. The molecule has 0 unspecified atom stereocenters. The van der Waals surface area contributed by atoms with E-state index in [1.165, 1.54) is 6.20 Å². The van der Waals surface area contributed by atoms with Crippen LogP contribution in [-0.2, 0) is 0 Å². The van der Waals surface area contributed by atoms with E-state index < -0.39 is 11.5 Å². The SMILES string of the molecule is C[C@@]1(O)CCC[C@H]1Nc1c(C(N)=O)cnn2cc(-c3ccccc3)cc12. The Morgan fingerprint density at radius 2 is 2.12 bits per heavy atom. The molecule has 134 valence electrons. The van der Waals surface area contributed by atoms with Gasteiger partial charge in [0.05, 0.1) is 34.6 Å². The molecule has 0 saturated heterocycles. The Labute approximate surface area is 151 Å². The molecule has 4 rings (SSSR count). The number of nitrogens with two attached hydrogens (primary N) is 1. The number of nitrogens with zero attached hydrogens (tertiary/aromatic N) is 2. The molecule has 0 radical (unpaired) electrons. The minimum absolute atomic E-state index is 0.137. The number of rotatable bonds is 4. The van der Waals surface area contributed by atoms with Gasteiger partial charge in [0, 0.05) is 11.8 Å². The number of nitrogens with one attached hydrogen (secondary N) is 1. The Morgan fingerprint density at radius 1 is 1.35 bits per heavy atom. The number of hydrogen-bond acceptors (Lipinski definition) is 4. The van der Waals surface area contributed by atoms with Crippen molar-refractivity contribution in [2.24, 2.45) is 5.73 Å². The van der Waals surface area contributed by atoms with Crippen LogP contribution in [0, 0.1) is 0 Å². The fourth-order valence-electron chi connectivity index (χ4n) is 3.73. The molecule has 1 saturated carbocycles. The zero-order valence-corrected chi connectivity index (χ0v) is 14.6. The molecular formula is C20H22N4O2. The van der Waals surface area contributed by atoms with Crippen molar-refractivity contribution in [2.75, 3.05) is 5.32 Å². The average Bonchev–Trinajstić information content (AvgIpc) is 3.19. The molecule has 26 heavy (non-hydrogen) atoms. The molecule has 1 amide bonds. The van der Waals surface area contributed by atoms with Crippen molar-refractivity contribution in [3.8, 4) is 11.1 Å². The molecule has 3 aromatic rings. The van der Waals surface area contributed by atoms with Crippen LogP contribution in [0.1, 0.15) is 36.5 Å². The van der Waals surface area contributed by atoms with Gasteiger partial charge in [0.25, 0.3) is 5.91 Å². The molecule has 0 bridgehead atoms. The summed E-state index contributed by atoms with van der Waals surface area (Å²) < 4.78 is 1.74. The van der Waals surface area contributed by atoms with E-state index >= 15 is 0 Å². The van der Waals surface area contributed by atoms with E-state index in [4.69, 9.17) is 5.73 Å². The molecule has 2 aromatic heterocycles. The van der Waals surface area contributed by atoms with Crippen molar-refractivity contribution in [1.82, 2.24) is 9.61 Å². The summed E-state index contributed by atoms with van der Waals surface area (Å²) in [4.78, 5) is 11.9. The molecular weight excluding hydrogens is 328 g/mol. The van der Waals surface area contributed by atoms with Gasteiger partial charge in [0.1, 0.15) is 0 Å². The number of carbonyl (C=O) groups excluding carboxylic acids is 1. The predicted molar refractivity (Wildman–Crippen MR) is 101 cm³/mol. The first-order chi connectivity index (χ1) is 12.5. The van der Waals surface area contributed by atoms with Crippen LogP contribution in [0.4, 0.5) is 5.69 Å². The van der Waals surface area contributed by atoms with Gasteiger partial charge in [0.2, 0.25) is 0 Å². The third-order valence-electron chi connectivity index (χ3n) is 5.25. The first kappa shape index (κ1) is 16.6. The Morgan fingerprint density at radius 3 is 2.77 bits per heavy atom. The number of anilines is 1. The summed E-state index contributed by atoms with van der Waals surface area (Å²) in [6.45, 7) is 1.83. The summed E-state index contributed by atoms with van der Waals surface area (Å²) in [5, 5.41) is 18.3. The van der Waals surface area contributed by atoms with Crippen LogP contribution in [0.15, 0.2) is 48.8 Å². The monoisotopic (exact) mass is 350 g/mol. The van der Waals surface area contributed by atoms with E-state index in [1.807, 2.05) is 49.5 Å². The minimum Gasteiger partial charge on any atom is -0.388 e. The van der Waals surface area contributed by atoms with Crippen LogP contribution in [-0.4, -0.2) is 32.3 Å². The maximum absolute atomic E-state index is 11.9. The lowest BCUT2D eigenvalue weighted by atomic mass is 10.00. The largest absolute Gasteiger partial charge is 0.388 e. The average molecular weight is 350 g/mol. The molecule has 6 heteroatoms. The number of aliphatic hydroxyl groups is 1. The van der Waals surface area contributed by atoms with E-state index in [-0.39, 0.29) is 6.04 Å². The van der Waals surface area contributed by atoms with Gasteiger partial charge in [-0.15, -0.1) is 0 Å². The third-order valence-corrected chi connectivity index (χ3v) is 5.25. The van der Waals surface area contributed by atoms with Gasteiger partial charge in [-0.3, -0.25) is 4.79 Å². The lowest BCUT2D eigenvalue weighted by Gasteiger charge is -2.28. The molecule has 4 N–H and O–H groups in total. The molecule has 2 atom stereocenters. The van der Waals surface area contributed by atoms with Gasteiger partial charge in [-0.05, 0) is 37.8 Å². The summed E-state index contributed by atoms with van der Waals surface area (Å²) in [6, 6.07) is 11.8. The van der Waals surface area contributed by atoms with E-state index in [0.29, 0.717) is 11.3 Å². The van der Waals surface area contributed by atoms with Crippen LogP contribution >= 0.6 is 0 Å². The van der Waals surface area contributed by atoms with Crippen LogP contribution < -0.4 is 11.1 Å². The summed E-state index contributed by atoms with van der Waals surface area (Å²) in [6.07, 6.45) is 5.91. The third kappa shape index (κ3) is 2.82. The Bertz CT molecular complexity index is 963. The van der Waals surface area contributed by atoms with E-state index in [1.54, 1.807) is 4.52 Å². The minimum atomic E-state index is -0.815. The number of carbonyl (C=O) groups is 1. The van der Waals surface area contributed by atoms with Gasteiger partial charge in [-0.25, -0.2) is 4.52 Å². The second kappa shape index (κ2) is 6.14. The summed E-state index contributed by atoms with van der Waals surface area (Å²) in [5.41, 5.74) is 8.55. The molecule has 0 aliphatic heterocycles. The molecule has 0 spiro atoms. The van der Waals surface area contributed by atoms with Crippen molar-refractivity contribution >= 4 is 17.1 Å². The fourth-order valence-corrected chi connectivity index (χ4v) is 3.73. The Hall–Kier alpha value is -2.86. The fraction of sp³-hybridized carbons (Fsp3) is 0.300. The van der Waals surface area contributed by atoms with Crippen molar-refractivity contribution in [3.05, 3.63) is 54.4 Å². The van der Waals surface area contributed by atoms with Gasteiger partial charge in [0.15, 0.2) is 0 Å². The highest BCUT2D eigenvalue weighted by Crippen LogP contribution is 2.35. The van der Waals surface area contributed by atoms with Crippen LogP contribution in [0.25, 0.3) is 16.6 Å². The predicted octanol–water partition coefficient (Wildman–Crippen LogP) is 2.82. The van der Waals surface area contributed by atoms with E-state index in [0.717, 1.165) is 35.9 Å². The molecule has 2 heterocycles. The zero-order valence-electron chi connectivity index (χ0n) is 14.6. The number of fused-ring (bicyclic) bond motifs is 1. The van der Waals surface area contributed by atoms with Crippen molar-refractivity contribution in [3.63, 3.8) is 0 Å². The standard InChI is InChI=1S/C20H22N4O2/c1-20(26)9-5-8-17(20)23-18-15(19(21)25)11-22-24-12-14(10-16(18)24)13-6-3-2-4-7-13/h2-4,6-7,10-12,17,23,26H,5,8-9H2,1H3,(H2,21,25)/t17-,20-/m1/s1. The normalized spacial score (nSPS) is 22.6. The number of primary amides is 1. The van der Waals surface area contributed by atoms with Crippen LogP contribution in [0.5, 0.6) is 0 Å². The second-order valence-corrected chi connectivity index (χ2v) is 7.17. The highest BCUT2D eigenvalue weighted by Gasteiger charge is 2.37. The number of amides is 1. The van der Waals surface area contributed by atoms with Crippen molar-refractivity contribution in [2.45, 2.75) is 37.8 Å². The number of hydrogen-bond donors (Lipinski definition) is 3. The molecule has 1 aromatic carbocycles. The summed E-state index contributed by atoms with van der Waals surface area (Å²) in [5.74, 6) is -0.539. The lowest BCUT2D eigenvalue weighted by molar-refractivity contribution is 0.0578. The van der Waals surface area contributed by atoms with Gasteiger partial charge < -0.3 is 16.2 Å². The maximum atomic E-state index is 11.9.